The number of amides is 3. The Hall–Kier alpha value is -2.77. The Morgan fingerprint density at radius 1 is 1.40 bits per heavy atom. The Balaban J connectivity index is 1.60. The summed E-state index contributed by atoms with van der Waals surface area (Å²) < 4.78 is 10.2. The van der Waals surface area contributed by atoms with E-state index in [4.69, 9.17) is 14.7 Å². The highest BCUT2D eigenvalue weighted by Gasteiger charge is 2.31. The van der Waals surface area contributed by atoms with Gasteiger partial charge in [0.2, 0.25) is 5.76 Å². The van der Waals surface area contributed by atoms with E-state index in [1.54, 1.807) is 12.1 Å². The molecule has 0 atom stereocenters. The monoisotopic (exact) mass is 276 g/mol. The Bertz CT molecular complexity index is 628. The number of hydrogen-bond donors (Lipinski definition) is 2. The number of nitrogens with zero attached hydrogens (tertiary/aromatic N) is 2. The van der Waals surface area contributed by atoms with Crippen molar-refractivity contribution in [2.45, 2.75) is 6.04 Å². The van der Waals surface area contributed by atoms with Crippen LogP contribution in [0.3, 0.4) is 0 Å². The molecular formula is C12H12N4O4. The fourth-order valence-electron chi connectivity index (χ4n) is 1.93. The highest BCUT2D eigenvalue weighted by Crippen LogP contribution is 2.20. The molecule has 3 N–H and O–H groups in total. The smallest absolute Gasteiger partial charge is 0.314 e. The average molecular weight is 276 g/mol. The Labute approximate surface area is 113 Å². The molecule has 0 aromatic carbocycles. The molecule has 3 rings (SSSR count). The van der Waals surface area contributed by atoms with Crippen LogP contribution in [-0.4, -0.2) is 41.1 Å². The Kier molecular flexibility index (Phi) is 2.90. The third kappa shape index (κ3) is 2.22. The summed E-state index contributed by atoms with van der Waals surface area (Å²) in [6.07, 6.45) is 1.50. The molecule has 20 heavy (non-hydrogen) atoms. The molecule has 0 radical (unpaired) electrons. The zero-order valence-corrected chi connectivity index (χ0v) is 10.4. The lowest BCUT2D eigenvalue weighted by molar-refractivity contribution is 0.0852. The van der Waals surface area contributed by atoms with Crippen LogP contribution in [-0.2, 0) is 0 Å². The molecule has 2 aromatic heterocycles. The van der Waals surface area contributed by atoms with Crippen LogP contribution in [0.1, 0.15) is 10.5 Å². The van der Waals surface area contributed by atoms with Crippen molar-refractivity contribution in [3.8, 4) is 11.5 Å². The number of nitrogens with one attached hydrogen (secondary N) is 1. The maximum atomic E-state index is 11.9. The number of furan rings is 1. The average Bonchev–Trinajstić information content (AvgIpc) is 3.01. The molecule has 104 valence electrons. The van der Waals surface area contributed by atoms with Crippen molar-refractivity contribution in [3.05, 3.63) is 30.2 Å². The zero-order chi connectivity index (χ0) is 14.1. The van der Waals surface area contributed by atoms with Crippen molar-refractivity contribution in [1.82, 2.24) is 15.4 Å². The van der Waals surface area contributed by atoms with Crippen molar-refractivity contribution >= 4 is 11.9 Å². The van der Waals surface area contributed by atoms with Gasteiger partial charge in [0.1, 0.15) is 0 Å². The van der Waals surface area contributed by atoms with Crippen molar-refractivity contribution in [2.24, 2.45) is 5.73 Å². The number of hydrogen-bond acceptors (Lipinski definition) is 5. The maximum Gasteiger partial charge on any atom is 0.314 e. The topological polar surface area (TPSA) is 115 Å². The third-order valence-electron chi connectivity index (χ3n) is 3.04. The van der Waals surface area contributed by atoms with Crippen molar-refractivity contribution in [2.75, 3.05) is 13.1 Å². The molecule has 0 aliphatic carbocycles. The van der Waals surface area contributed by atoms with Gasteiger partial charge >= 0.3 is 6.03 Å². The number of primary amides is 1. The Morgan fingerprint density at radius 2 is 2.20 bits per heavy atom. The summed E-state index contributed by atoms with van der Waals surface area (Å²) in [4.78, 5) is 24.2. The molecule has 1 aliphatic heterocycles. The number of nitrogens with two attached hydrogens (primary N) is 1. The zero-order valence-electron chi connectivity index (χ0n) is 10.4. The molecule has 8 heteroatoms. The SMILES string of the molecule is NC(=O)N1CC(NC(=O)c2cc(-c3ccco3)on2)C1. The van der Waals surface area contributed by atoms with Gasteiger partial charge in [0.25, 0.3) is 5.91 Å². The molecular weight excluding hydrogens is 264 g/mol. The first-order valence-electron chi connectivity index (χ1n) is 5.99. The first-order chi connectivity index (χ1) is 9.63. The van der Waals surface area contributed by atoms with Crippen LogP contribution in [0.5, 0.6) is 0 Å². The van der Waals surface area contributed by atoms with E-state index in [0.29, 0.717) is 24.6 Å². The molecule has 1 fully saturated rings. The molecule has 1 saturated heterocycles. The molecule has 3 amide bonds. The number of rotatable bonds is 3. The standard InChI is InChI=1S/C12H12N4O4/c13-12(18)16-5-7(6-16)14-11(17)8-4-10(20-15-8)9-2-1-3-19-9/h1-4,7H,5-6H2,(H2,13,18)(H,14,17). The van der Waals surface area contributed by atoms with Gasteiger partial charge in [-0.1, -0.05) is 5.16 Å². The van der Waals surface area contributed by atoms with Crippen LogP contribution in [0.25, 0.3) is 11.5 Å². The van der Waals surface area contributed by atoms with Crippen LogP contribution in [0, 0.1) is 0 Å². The number of urea groups is 1. The molecule has 2 aromatic rings. The first kappa shape index (κ1) is 12.3. The molecule has 8 nitrogen and oxygen atoms in total. The number of carbonyl (C=O) groups excluding carboxylic acids is 2. The van der Waals surface area contributed by atoms with Gasteiger partial charge in [0.15, 0.2) is 11.5 Å². The fraction of sp³-hybridized carbons (Fsp3) is 0.250. The van der Waals surface area contributed by atoms with Crippen molar-refractivity contribution in [3.63, 3.8) is 0 Å². The lowest BCUT2D eigenvalue weighted by Gasteiger charge is -2.37. The number of likely N-dealkylation sites (tertiary alicyclic amines) is 1. The van der Waals surface area contributed by atoms with Gasteiger partial charge in [-0.25, -0.2) is 4.79 Å². The fourth-order valence-corrected chi connectivity index (χ4v) is 1.93. The van der Waals surface area contributed by atoms with E-state index in [-0.39, 0.29) is 17.6 Å². The quantitative estimate of drug-likeness (QED) is 0.843. The predicted octanol–water partition coefficient (Wildman–Crippen LogP) is 0.427. The predicted molar refractivity (Wildman–Crippen MR) is 66.6 cm³/mol. The van der Waals surface area contributed by atoms with Crippen LogP contribution in [0.2, 0.25) is 0 Å². The first-order valence-corrected chi connectivity index (χ1v) is 5.99. The summed E-state index contributed by atoms with van der Waals surface area (Å²) in [5.41, 5.74) is 5.26. The second-order valence-electron chi connectivity index (χ2n) is 4.47. The van der Waals surface area contributed by atoms with E-state index < -0.39 is 6.03 Å². The summed E-state index contributed by atoms with van der Waals surface area (Å²) in [7, 11) is 0. The minimum atomic E-state index is -0.489. The van der Waals surface area contributed by atoms with Crippen molar-refractivity contribution in [1.29, 1.82) is 0 Å². The summed E-state index contributed by atoms with van der Waals surface area (Å²) in [5.74, 6) is 0.522. The van der Waals surface area contributed by atoms with E-state index in [9.17, 15) is 9.59 Å². The van der Waals surface area contributed by atoms with Crippen LogP contribution >= 0.6 is 0 Å². The molecule has 0 bridgehead atoms. The molecule has 1 aliphatic rings. The summed E-state index contributed by atoms with van der Waals surface area (Å²) in [6, 6.07) is 4.32. The highest BCUT2D eigenvalue weighted by molar-refractivity contribution is 5.93. The number of carbonyl (C=O) groups is 2. The largest absolute Gasteiger partial charge is 0.461 e. The second kappa shape index (κ2) is 4.72. The van der Waals surface area contributed by atoms with Crippen LogP contribution < -0.4 is 11.1 Å². The summed E-state index contributed by atoms with van der Waals surface area (Å²) in [5, 5.41) is 6.42. The summed E-state index contributed by atoms with van der Waals surface area (Å²) in [6.45, 7) is 0.813. The van der Waals surface area contributed by atoms with Gasteiger partial charge in [-0.2, -0.15) is 0 Å². The normalized spacial score (nSPS) is 14.9. The Morgan fingerprint density at radius 3 is 2.85 bits per heavy atom. The van der Waals surface area contributed by atoms with E-state index >= 15 is 0 Å². The van der Waals surface area contributed by atoms with Gasteiger partial charge in [0.05, 0.1) is 12.3 Å². The minimum Gasteiger partial charge on any atom is -0.461 e. The second-order valence-corrected chi connectivity index (χ2v) is 4.47. The van der Waals surface area contributed by atoms with E-state index in [2.05, 4.69) is 10.5 Å². The molecule has 0 unspecified atom stereocenters. The minimum absolute atomic E-state index is 0.112. The van der Waals surface area contributed by atoms with Gasteiger partial charge in [-0.3, -0.25) is 4.79 Å². The lowest BCUT2D eigenvalue weighted by Crippen LogP contribution is -2.62. The van der Waals surface area contributed by atoms with E-state index in [1.165, 1.54) is 17.2 Å². The van der Waals surface area contributed by atoms with Crippen LogP contribution in [0.15, 0.2) is 33.4 Å². The van der Waals surface area contributed by atoms with Gasteiger partial charge < -0.3 is 24.9 Å². The van der Waals surface area contributed by atoms with Gasteiger partial charge in [-0.15, -0.1) is 0 Å². The van der Waals surface area contributed by atoms with Gasteiger partial charge in [-0.05, 0) is 12.1 Å². The molecule has 0 spiro atoms. The third-order valence-corrected chi connectivity index (χ3v) is 3.04. The number of aromatic nitrogens is 1. The maximum absolute atomic E-state index is 11.9. The molecule has 0 saturated carbocycles. The lowest BCUT2D eigenvalue weighted by atomic mass is 10.1. The van der Waals surface area contributed by atoms with Crippen molar-refractivity contribution < 1.29 is 18.5 Å². The van der Waals surface area contributed by atoms with E-state index in [0.717, 1.165) is 0 Å². The highest BCUT2D eigenvalue weighted by atomic mass is 16.5. The van der Waals surface area contributed by atoms with Crippen LogP contribution in [0.4, 0.5) is 4.79 Å². The van der Waals surface area contributed by atoms with E-state index in [1.807, 2.05) is 0 Å². The molecule has 3 heterocycles. The summed E-state index contributed by atoms with van der Waals surface area (Å²) >= 11 is 0. The van der Waals surface area contributed by atoms with Gasteiger partial charge in [0, 0.05) is 19.2 Å².